The Balaban J connectivity index is 2.47. The third-order valence-corrected chi connectivity index (χ3v) is 4.95. The van der Waals surface area contributed by atoms with Crippen LogP contribution in [0.25, 0.3) is 0 Å². The lowest BCUT2D eigenvalue weighted by molar-refractivity contribution is 0.482. The molecule has 0 atom stereocenters. The van der Waals surface area contributed by atoms with E-state index in [0.717, 1.165) is 16.7 Å². The lowest BCUT2D eigenvalue weighted by atomic mass is 10.1. The topological polar surface area (TPSA) is 67.2 Å². The van der Waals surface area contributed by atoms with Crippen LogP contribution in [-0.2, 0) is 10.1 Å². The summed E-state index contributed by atoms with van der Waals surface area (Å²) >= 11 is 5.88. The van der Waals surface area contributed by atoms with Gasteiger partial charge in [0, 0.05) is 0 Å². The Morgan fingerprint density at radius 2 is 1.73 bits per heavy atom. The van der Waals surface area contributed by atoms with Crippen LogP contribution < -0.4 is 4.18 Å². The van der Waals surface area contributed by atoms with Crippen molar-refractivity contribution in [3.05, 3.63) is 57.6 Å². The van der Waals surface area contributed by atoms with Crippen LogP contribution in [0.3, 0.4) is 0 Å². The number of nitrogens with zero attached hydrogens (tertiary/aromatic N) is 1. The summed E-state index contributed by atoms with van der Waals surface area (Å²) in [6.07, 6.45) is 0. The van der Waals surface area contributed by atoms with E-state index in [2.05, 4.69) is 0 Å². The molecule has 0 bridgehead atoms. The molecular weight excluding hydrogens is 322 g/mol. The van der Waals surface area contributed by atoms with Gasteiger partial charge in [-0.2, -0.15) is 13.7 Å². The van der Waals surface area contributed by atoms with E-state index in [1.165, 1.54) is 18.2 Å². The Morgan fingerprint density at radius 1 is 1.09 bits per heavy atom. The van der Waals surface area contributed by atoms with E-state index in [9.17, 15) is 8.42 Å². The molecule has 0 spiro atoms. The van der Waals surface area contributed by atoms with Crippen LogP contribution in [0.2, 0.25) is 5.02 Å². The van der Waals surface area contributed by atoms with Crippen LogP contribution in [0.5, 0.6) is 5.75 Å². The zero-order valence-electron chi connectivity index (χ0n) is 12.3. The molecule has 0 radical (unpaired) electrons. The van der Waals surface area contributed by atoms with Gasteiger partial charge in [0.1, 0.15) is 16.7 Å². The van der Waals surface area contributed by atoms with Crippen molar-refractivity contribution in [2.45, 2.75) is 25.7 Å². The summed E-state index contributed by atoms with van der Waals surface area (Å²) in [5.74, 6) is 0.320. The number of halogens is 1. The lowest BCUT2D eigenvalue weighted by Gasteiger charge is -2.14. The Hall–Kier alpha value is -2.03. The summed E-state index contributed by atoms with van der Waals surface area (Å²) in [7, 11) is -4.02. The molecule has 0 N–H and O–H groups in total. The fraction of sp³-hybridized carbons (Fsp3) is 0.188. The van der Waals surface area contributed by atoms with Crippen LogP contribution in [0, 0.1) is 32.1 Å². The van der Waals surface area contributed by atoms with Crippen molar-refractivity contribution in [3.63, 3.8) is 0 Å². The summed E-state index contributed by atoms with van der Waals surface area (Å²) in [4.78, 5) is -0.0863. The van der Waals surface area contributed by atoms with E-state index in [4.69, 9.17) is 21.0 Å². The molecule has 0 saturated carbocycles. The fourth-order valence-corrected chi connectivity index (χ4v) is 3.31. The van der Waals surface area contributed by atoms with Crippen molar-refractivity contribution < 1.29 is 12.6 Å². The molecule has 0 aliphatic heterocycles. The molecule has 2 rings (SSSR count). The van der Waals surface area contributed by atoms with Gasteiger partial charge in [0.25, 0.3) is 0 Å². The SMILES string of the molecule is Cc1ccc(C)c(OS(=O)(=O)c2ccc(C#N)c(Cl)c2)c1C. The molecule has 0 saturated heterocycles. The molecule has 0 unspecified atom stereocenters. The minimum Gasteiger partial charge on any atom is -0.378 e. The van der Waals surface area contributed by atoms with Gasteiger partial charge in [-0.15, -0.1) is 0 Å². The summed E-state index contributed by atoms with van der Waals surface area (Å²) in [5.41, 5.74) is 2.65. The highest BCUT2D eigenvalue weighted by molar-refractivity contribution is 7.87. The van der Waals surface area contributed by atoms with Crippen LogP contribution in [0.1, 0.15) is 22.3 Å². The Morgan fingerprint density at radius 3 is 2.32 bits per heavy atom. The van der Waals surface area contributed by atoms with E-state index >= 15 is 0 Å². The molecule has 0 heterocycles. The Kier molecular flexibility index (Phi) is 4.45. The van der Waals surface area contributed by atoms with E-state index in [1.54, 1.807) is 19.9 Å². The maximum Gasteiger partial charge on any atom is 0.339 e. The molecule has 114 valence electrons. The molecule has 2 aromatic carbocycles. The van der Waals surface area contributed by atoms with Crippen LogP contribution in [-0.4, -0.2) is 8.42 Å². The second-order valence-electron chi connectivity index (χ2n) is 4.94. The van der Waals surface area contributed by atoms with E-state index < -0.39 is 10.1 Å². The van der Waals surface area contributed by atoms with Crippen LogP contribution in [0.4, 0.5) is 0 Å². The maximum absolute atomic E-state index is 12.4. The fourth-order valence-electron chi connectivity index (χ4n) is 1.95. The maximum atomic E-state index is 12.4. The zero-order chi connectivity index (χ0) is 16.5. The first-order valence-electron chi connectivity index (χ1n) is 6.47. The van der Waals surface area contributed by atoms with E-state index in [1.807, 2.05) is 19.1 Å². The molecule has 2 aromatic rings. The average Bonchev–Trinajstić information content (AvgIpc) is 2.47. The molecule has 6 heteroatoms. The van der Waals surface area contributed by atoms with Crippen LogP contribution >= 0.6 is 11.6 Å². The first-order valence-corrected chi connectivity index (χ1v) is 8.26. The number of nitriles is 1. The second kappa shape index (κ2) is 5.99. The normalized spacial score (nSPS) is 11.0. The van der Waals surface area contributed by atoms with Gasteiger partial charge in [-0.1, -0.05) is 23.7 Å². The lowest BCUT2D eigenvalue weighted by Crippen LogP contribution is -2.12. The molecule has 0 aromatic heterocycles. The van der Waals surface area contributed by atoms with Gasteiger partial charge in [0.15, 0.2) is 0 Å². The summed E-state index contributed by atoms with van der Waals surface area (Å²) in [6.45, 7) is 5.47. The van der Waals surface area contributed by atoms with Gasteiger partial charge in [-0.25, -0.2) is 0 Å². The number of benzene rings is 2. The molecular formula is C16H14ClNO3S. The quantitative estimate of drug-likeness (QED) is 0.798. The molecule has 0 fully saturated rings. The first-order chi connectivity index (χ1) is 10.3. The standard InChI is InChI=1S/C16H14ClNO3S/c1-10-4-5-11(2)16(12(10)3)21-22(19,20)14-7-6-13(9-18)15(17)8-14/h4-8H,1-3H3. The van der Waals surface area contributed by atoms with Gasteiger partial charge >= 0.3 is 10.1 Å². The smallest absolute Gasteiger partial charge is 0.339 e. The summed E-state index contributed by atoms with van der Waals surface area (Å²) in [5, 5.41) is 8.91. The molecule has 0 aliphatic rings. The largest absolute Gasteiger partial charge is 0.378 e. The van der Waals surface area contributed by atoms with Crippen LogP contribution in [0.15, 0.2) is 35.2 Å². The van der Waals surface area contributed by atoms with Gasteiger partial charge in [0.2, 0.25) is 0 Å². The minimum absolute atomic E-state index is 0.0739. The molecule has 22 heavy (non-hydrogen) atoms. The third-order valence-electron chi connectivity index (χ3n) is 3.42. The predicted octanol–water partition coefficient (Wildman–Crippen LogP) is 3.90. The van der Waals surface area contributed by atoms with Crippen molar-refractivity contribution in [2.24, 2.45) is 0 Å². The van der Waals surface area contributed by atoms with E-state index in [-0.39, 0.29) is 15.5 Å². The molecule has 0 aliphatic carbocycles. The van der Waals surface area contributed by atoms with Crippen molar-refractivity contribution in [1.29, 1.82) is 5.26 Å². The zero-order valence-corrected chi connectivity index (χ0v) is 13.9. The molecule has 0 amide bonds. The van der Waals surface area contributed by atoms with Crippen molar-refractivity contribution in [3.8, 4) is 11.8 Å². The number of hydrogen-bond donors (Lipinski definition) is 0. The third kappa shape index (κ3) is 3.08. The van der Waals surface area contributed by atoms with Gasteiger partial charge in [-0.05, 0) is 55.7 Å². The monoisotopic (exact) mass is 335 g/mol. The van der Waals surface area contributed by atoms with Crippen molar-refractivity contribution in [1.82, 2.24) is 0 Å². The number of hydrogen-bond acceptors (Lipinski definition) is 4. The first kappa shape index (κ1) is 16.3. The highest BCUT2D eigenvalue weighted by atomic mass is 35.5. The summed E-state index contributed by atoms with van der Waals surface area (Å²) < 4.78 is 30.1. The highest BCUT2D eigenvalue weighted by Gasteiger charge is 2.21. The van der Waals surface area contributed by atoms with E-state index in [0.29, 0.717) is 5.75 Å². The Bertz CT molecular complexity index is 883. The van der Waals surface area contributed by atoms with Gasteiger partial charge in [-0.3, -0.25) is 0 Å². The van der Waals surface area contributed by atoms with Gasteiger partial charge in [0.05, 0.1) is 10.6 Å². The average molecular weight is 336 g/mol. The van der Waals surface area contributed by atoms with Gasteiger partial charge < -0.3 is 4.18 Å². The Labute approximate surface area is 135 Å². The number of rotatable bonds is 3. The van der Waals surface area contributed by atoms with Crippen molar-refractivity contribution >= 4 is 21.7 Å². The predicted molar refractivity (Wildman–Crippen MR) is 84.6 cm³/mol. The minimum atomic E-state index is -4.02. The highest BCUT2D eigenvalue weighted by Crippen LogP contribution is 2.29. The summed E-state index contributed by atoms with van der Waals surface area (Å²) in [6, 6.07) is 9.47. The second-order valence-corrected chi connectivity index (χ2v) is 6.90. The molecule has 4 nitrogen and oxygen atoms in total. The van der Waals surface area contributed by atoms with Crippen molar-refractivity contribution in [2.75, 3.05) is 0 Å². The number of aryl methyl sites for hydroxylation is 2.